The molecule has 1 aliphatic rings. The topological polar surface area (TPSA) is 88.6 Å². The van der Waals surface area contributed by atoms with Crippen LogP contribution in [0.3, 0.4) is 0 Å². The van der Waals surface area contributed by atoms with E-state index < -0.39 is 21.5 Å². The summed E-state index contributed by atoms with van der Waals surface area (Å²) in [4.78, 5) is 19.6. The van der Waals surface area contributed by atoms with Gasteiger partial charge < -0.3 is 4.74 Å². The Hall–Kier alpha value is -2.75. The number of benzene rings is 2. The molecule has 1 N–H and O–H groups in total. The number of nitrogens with zero attached hydrogens (tertiary/aromatic N) is 2. The fourth-order valence-corrected chi connectivity index (χ4v) is 6.62. The number of fused-ring (bicyclic) bond motifs is 1. The van der Waals surface area contributed by atoms with Gasteiger partial charge in [0.05, 0.1) is 6.61 Å². The number of rotatable bonds is 7. The van der Waals surface area contributed by atoms with E-state index in [1.165, 1.54) is 11.8 Å². The van der Waals surface area contributed by atoms with Crippen molar-refractivity contribution in [2.75, 3.05) is 6.61 Å². The van der Waals surface area contributed by atoms with Crippen molar-refractivity contribution in [3.8, 4) is 5.75 Å². The average molecular weight is 500 g/mol. The number of aromatic nitrogens is 1. The molecule has 1 aliphatic heterocycles. The number of thiazole rings is 1. The van der Waals surface area contributed by atoms with Crippen LogP contribution in [0.15, 0.2) is 46.2 Å². The fraction of sp³-hybridized carbons (Fsp3) is 0.360. The quantitative estimate of drug-likeness (QED) is 0.524. The van der Waals surface area contributed by atoms with E-state index in [4.69, 9.17) is 4.74 Å². The first-order valence-electron chi connectivity index (χ1n) is 11.1. The molecule has 1 unspecified atom stereocenters. The number of sulfonamides is 1. The van der Waals surface area contributed by atoms with E-state index in [9.17, 15) is 13.2 Å². The number of carbonyl (C=O) groups is 1. The minimum Gasteiger partial charge on any atom is -0.494 e. The van der Waals surface area contributed by atoms with Crippen LogP contribution in [-0.2, 0) is 33.4 Å². The Balaban J connectivity index is 1.79. The van der Waals surface area contributed by atoms with Crippen LogP contribution >= 0.6 is 11.3 Å². The second-order valence-electron chi connectivity index (χ2n) is 8.75. The Bertz CT molecular complexity index is 1310. The molecule has 0 aliphatic carbocycles. The van der Waals surface area contributed by atoms with Crippen molar-refractivity contribution in [1.82, 2.24) is 14.6 Å². The van der Waals surface area contributed by atoms with Gasteiger partial charge in [0.1, 0.15) is 11.3 Å². The molecule has 9 heteroatoms. The molecule has 1 amide bonds. The molecular weight excluding hydrogens is 470 g/mol. The van der Waals surface area contributed by atoms with Gasteiger partial charge in [0, 0.05) is 30.2 Å². The normalized spacial score (nSPS) is 18.0. The van der Waals surface area contributed by atoms with E-state index in [1.54, 1.807) is 12.3 Å². The molecule has 0 fully saturated rings. The molecule has 2 aromatic carbocycles. The third-order valence-electron chi connectivity index (χ3n) is 6.44. The summed E-state index contributed by atoms with van der Waals surface area (Å²) in [6.45, 7) is 11.3. The van der Waals surface area contributed by atoms with Crippen LogP contribution in [0.2, 0.25) is 0 Å². The molecule has 1 atom stereocenters. The maximum absolute atomic E-state index is 13.7. The molecule has 0 radical (unpaired) electrons. The summed E-state index contributed by atoms with van der Waals surface area (Å²) in [5.74, 6) is 0.0965. The van der Waals surface area contributed by atoms with Crippen LogP contribution in [0.25, 0.3) is 0 Å². The zero-order valence-electron chi connectivity index (χ0n) is 20.0. The minimum absolute atomic E-state index is 0.137. The van der Waals surface area contributed by atoms with Crippen LogP contribution in [0.1, 0.15) is 47.2 Å². The van der Waals surface area contributed by atoms with Crippen LogP contribution in [0, 0.1) is 20.8 Å². The molecule has 4 rings (SSSR count). The first-order chi connectivity index (χ1) is 16.1. The highest BCUT2D eigenvalue weighted by Gasteiger charge is 2.49. The second-order valence-corrected chi connectivity index (χ2v) is 11.5. The number of ether oxygens (including phenoxy) is 1. The van der Waals surface area contributed by atoms with E-state index in [0.29, 0.717) is 25.4 Å². The Labute approximate surface area is 204 Å². The van der Waals surface area contributed by atoms with Crippen LogP contribution in [0.5, 0.6) is 5.75 Å². The fourth-order valence-electron chi connectivity index (χ4n) is 4.73. The Morgan fingerprint density at radius 1 is 1.24 bits per heavy atom. The van der Waals surface area contributed by atoms with Crippen molar-refractivity contribution in [3.63, 3.8) is 0 Å². The molecule has 3 aromatic rings. The number of nitrogens with one attached hydrogen (secondary N) is 1. The Kier molecular flexibility index (Phi) is 6.54. The van der Waals surface area contributed by atoms with Crippen LogP contribution < -0.4 is 9.46 Å². The van der Waals surface area contributed by atoms with Gasteiger partial charge in [0.15, 0.2) is 0 Å². The van der Waals surface area contributed by atoms with Gasteiger partial charge in [-0.1, -0.05) is 29.8 Å². The van der Waals surface area contributed by atoms with E-state index in [2.05, 4.69) is 42.6 Å². The van der Waals surface area contributed by atoms with E-state index in [-0.39, 0.29) is 4.34 Å². The summed E-state index contributed by atoms with van der Waals surface area (Å²) >= 11 is 0.969. The average Bonchev–Trinajstić information content (AvgIpc) is 3.40. The van der Waals surface area contributed by atoms with Crippen molar-refractivity contribution in [1.29, 1.82) is 0 Å². The number of hydrogen-bond acceptors (Lipinski definition) is 7. The van der Waals surface area contributed by atoms with Crippen molar-refractivity contribution < 1.29 is 17.9 Å². The highest BCUT2D eigenvalue weighted by atomic mass is 32.2. The maximum Gasteiger partial charge on any atom is 0.291 e. The molecule has 34 heavy (non-hydrogen) atoms. The zero-order chi connectivity index (χ0) is 24.7. The monoisotopic (exact) mass is 499 g/mol. The van der Waals surface area contributed by atoms with Crippen molar-refractivity contribution in [2.24, 2.45) is 0 Å². The standard InChI is InChI=1S/C25H29N3O4S2/c1-6-32-22-9-7-8-21-20(22)15-28(14-19-17(3)12-16(2)13-18(19)4)25(21,5)23(29)27-34(30,31)24-26-10-11-33-24/h7-13H,6,14-15H2,1-5H3,(H,27,29). The van der Waals surface area contributed by atoms with Crippen molar-refractivity contribution in [2.45, 2.75) is 57.6 Å². The number of hydrogen-bond donors (Lipinski definition) is 1. The first-order valence-corrected chi connectivity index (χ1v) is 13.5. The second kappa shape index (κ2) is 9.13. The highest BCUT2D eigenvalue weighted by Crippen LogP contribution is 2.44. The van der Waals surface area contributed by atoms with Gasteiger partial charge in [-0.2, -0.15) is 8.42 Å². The maximum atomic E-state index is 13.7. The molecule has 180 valence electrons. The lowest BCUT2D eigenvalue weighted by molar-refractivity contribution is -0.131. The summed E-state index contributed by atoms with van der Waals surface area (Å²) in [5.41, 5.74) is 4.99. The molecule has 1 aromatic heterocycles. The Morgan fingerprint density at radius 3 is 2.56 bits per heavy atom. The van der Waals surface area contributed by atoms with Gasteiger partial charge in [-0.05, 0) is 62.9 Å². The SMILES string of the molecule is CCOc1cccc2c1CN(Cc1c(C)cc(C)cc1C)C2(C)C(=O)NS(=O)(=O)c1nccs1. The van der Waals surface area contributed by atoms with Gasteiger partial charge >= 0.3 is 0 Å². The molecule has 2 heterocycles. The smallest absolute Gasteiger partial charge is 0.291 e. The summed E-state index contributed by atoms with van der Waals surface area (Å²) < 4.78 is 33.7. The molecule has 0 saturated heterocycles. The summed E-state index contributed by atoms with van der Waals surface area (Å²) in [5, 5.41) is 1.56. The van der Waals surface area contributed by atoms with Gasteiger partial charge in [-0.25, -0.2) is 9.71 Å². The zero-order valence-corrected chi connectivity index (χ0v) is 21.6. The third-order valence-corrected chi connectivity index (χ3v) is 8.97. The lowest BCUT2D eigenvalue weighted by Gasteiger charge is -2.35. The van der Waals surface area contributed by atoms with E-state index in [0.717, 1.165) is 39.2 Å². The van der Waals surface area contributed by atoms with Crippen LogP contribution in [0.4, 0.5) is 0 Å². The van der Waals surface area contributed by atoms with Gasteiger partial charge in [-0.3, -0.25) is 9.69 Å². The molecular formula is C25H29N3O4S2. The number of amides is 1. The first kappa shape index (κ1) is 24.4. The molecule has 7 nitrogen and oxygen atoms in total. The lowest BCUT2D eigenvalue weighted by Crippen LogP contribution is -2.52. The largest absolute Gasteiger partial charge is 0.494 e. The Morgan fingerprint density at radius 2 is 1.94 bits per heavy atom. The number of aryl methyl sites for hydroxylation is 3. The number of carbonyl (C=O) groups excluding carboxylic acids is 1. The van der Waals surface area contributed by atoms with E-state index in [1.807, 2.05) is 30.0 Å². The molecule has 0 bridgehead atoms. The third kappa shape index (κ3) is 4.23. The van der Waals surface area contributed by atoms with Gasteiger partial charge in [0.2, 0.25) is 4.34 Å². The predicted molar refractivity (Wildman–Crippen MR) is 132 cm³/mol. The van der Waals surface area contributed by atoms with Crippen LogP contribution in [-0.4, -0.2) is 30.8 Å². The van der Waals surface area contributed by atoms with E-state index >= 15 is 0 Å². The van der Waals surface area contributed by atoms with Gasteiger partial charge in [-0.15, -0.1) is 11.3 Å². The lowest BCUT2D eigenvalue weighted by atomic mass is 9.89. The summed E-state index contributed by atoms with van der Waals surface area (Å²) in [6.07, 6.45) is 1.40. The molecule has 0 saturated carbocycles. The van der Waals surface area contributed by atoms with Gasteiger partial charge in [0.25, 0.3) is 15.9 Å². The highest BCUT2D eigenvalue weighted by molar-refractivity contribution is 7.92. The summed E-state index contributed by atoms with van der Waals surface area (Å²) in [6, 6.07) is 9.86. The predicted octanol–water partition coefficient (Wildman–Crippen LogP) is 4.20. The summed E-state index contributed by atoms with van der Waals surface area (Å²) in [7, 11) is -4.08. The van der Waals surface area contributed by atoms with Crippen molar-refractivity contribution >= 4 is 27.3 Å². The minimum atomic E-state index is -4.08. The molecule has 0 spiro atoms. The van der Waals surface area contributed by atoms with Crippen molar-refractivity contribution in [3.05, 3.63) is 75.3 Å².